The van der Waals surface area contributed by atoms with Crippen molar-refractivity contribution >= 4 is 23.6 Å². The maximum absolute atomic E-state index is 12.4. The molecule has 0 bridgehead atoms. The van der Waals surface area contributed by atoms with Crippen LogP contribution in [0.2, 0.25) is 0 Å². The molecule has 0 radical (unpaired) electrons. The number of β-lactam (4-membered cyclic amide) rings is 1. The van der Waals surface area contributed by atoms with Gasteiger partial charge in [-0.05, 0) is 39.0 Å². The Morgan fingerprint density at radius 2 is 2.00 bits per heavy atom. The van der Waals surface area contributed by atoms with Gasteiger partial charge < -0.3 is 26.2 Å². The molecule has 150 valence electrons. The summed E-state index contributed by atoms with van der Waals surface area (Å²) >= 11 is 1.62. The highest BCUT2D eigenvalue weighted by molar-refractivity contribution is 8.03. The number of nitrogens with two attached hydrogens (primary N) is 1. The Labute approximate surface area is 163 Å². The first kappa shape index (κ1) is 19.2. The molecule has 2 aliphatic carbocycles. The number of aliphatic carboxylic acids is 1. The minimum atomic E-state index is -1.04. The number of carboxylic acid groups (broad SMARTS) is 1. The molecule has 7 nitrogen and oxygen atoms in total. The molecule has 27 heavy (non-hydrogen) atoms. The number of rotatable bonds is 6. The third kappa shape index (κ3) is 3.20. The summed E-state index contributed by atoms with van der Waals surface area (Å²) in [6.45, 7) is 3.58. The van der Waals surface area contributed by atoms with Gasteiger partial charge in [-0.1, -0.05) is 6.92 Å². The van der Waals surface area contributed by atoms with Gasteiger partial charge in [-0.3, -0.25) is 4.79 Å². The van der Waals surface area contributed by atoms with Gasteiger partial charge in [0.15, 0.2) is 0 Å². The van der Waals surface area contributed by atoms with Crippen LogP contribution in [0.15, 0.2) is 10.6 Å². The lowest BCUT2D eigenvalue weighted by molar-refractivity contribution is -0.163. The van der Waals surface area contributed by atoms with Gasteiger partial charge in [0.1, 0.15) is 5.70 Å². The van der Waals surface area contributed by atoms with Gasteiger partial charge in [-0.15, -0.1) is 11.8 Å². The van der Waals surface area contributed by atoms with E-state index >= 15 is 0 Å². The van der Waals surface area contributed by atoms with Crippen molar-refractivity contribution in [2.45, 2.75) is 81.5 Å². The number of aliphatic hydroxyl groups excluding tert-OH is 1. The average Bonchev–Trinajstić information content (AvgIpc) is 3.05. The summed E-state index contributed by atoms with van der Waals surface area (Å²) in [5, 5.41) is 23.7. The Kier molecular flexibility index (Phi) is 5.03. The van der Waals surface area contributed by atoms with Crippen LogP contribution in [0, 0.1) is 11.8 Å². The van der Waals surface area contributed by atoms with Crippen molar-refractivity contribution in [2.24, 2.45) is 17.6 Å². The molecule has 4 rings (SSSR count). The first-order valence-corrected chi connectivity index (χ1v) is 10.8. The summed E-state index contributed by atoms with van der Waals surface area (Å²) in [4.78, 5) is 26.4. The molecular weight excluding hydrogens is 366 g/mol. The van der Waals surface area contributed by atoms with Crippen LogP contribution < -0.4 is 11.1 Å². The van der Waals surface area contributed by atoms with Crippen molar-refractivity contribution < 1.29 is 19.8 Å². The van der Waals surface area contributed by atoms with E-state index in [-0.39, 0.29) is 23.6 Å². The summed E-state index contributed by atoms with van der Waals surface area (Å²) in [5.41, 5.74) is 6.11. The number of carbonyl (C=O) groups is 2. The normalized spacial score (nSPS) is 42.0. The maximum atomic E-state index is 12.4. The summed E-state index contributed by atoms with van der Waals surface area (Å²) in [6.07, 6.45) is 4.54. The van der Waals surface area contributed by atoms with Crippen LogP contribution in [0.5, 0.6) is 0 Å². The Morgan fingerprint density at radius 1 is 1.30 bits per heavy atom. The Hall–Kier alpha value is -1.09. The fraction of sp³-hybridized carbons (Fsp3) is 0.789. The van der Waals surface area contributed by atoms with Gasteiger partial charge >= 0.3 is 5.97 Å². The van der Waals surface area contributed by atoms with E-state index in [1.165, 1.54) is 4.90 Å². The van der Waals surface area contributed by atoms with Crippen LogP contribution in [0.4, 0.5) is 0 Å². The van der Waals surface area contributed by atoms with Crippen molar-refractivity contribution in [3.8, 4) is 0 Å². The summed E-state index contributed by atoms with van der Waals surface area (Å²) in [5.74, 6) is -1.84. The van der Waals surface area contributed by atoms with Gasteiger partial charge in [-0.25, -0.2) is 4.79 Å². The average molecular weight is 396 g/mol. The molecule has 4 aliphatic rings. The first-order chi connectivity index (χ1) is 12.8. The topological polar surface area (TPSA) is 116 Å². The molecule has 0 unspecified atom stereocenters. The molecule has 0 spiro atoms. The predicted octanol–water partition coefficient (Wildman–Crippen LogP) is 0.874. The molecule has 3 fully saturated rings. The SMILES string of the molecule is C[C@@H](O)[C@H]1C(=O)N2C(C(=O)O)=C(SC3CC(N[C@H]4CC[C@H](N)C4)C3)[C@H](C)[C@H]12. The zero-order chi connectivity index (χ0) is 19.5. The van der Waals surface area contributed by atoms with Crippen molar-refractivity contribution in [2.75, 3.05) is 0 Å². The van der Waals surface area contributed by atoms with Crippen molar-refractivity contribution in [3.63, 3.8) is 0 Å². The quantitative estimate of drug-likeness (QED) is 0.493. The number of amides is 1. The third-order valence-electron chi connectivity index (χ3n) is 6.64. The van der Waals surface area contributed by atoms with Crippen molar-refractivity contribution in [1.82, 2.24) is 10.2 Å². The van der Waals surface area contributed by atoms with Crippen LogP contribution in [0.1, 0.15) is 46.0 Å². The second kappa shape index (κ2) is 7.06. The van der Waals surface area contributed by atoms with E-state index in [9.17, 15) is 19.8 Å². The Morgan fingerprint density at radius 3 is 2.56 bits per heavy atom. The lowest BCUT2D eigenvalue weighted by atomic mass is 9.79. The van der Waals surface area contributed by atoms with Crippen molar-refractivity contribution in [1.29, 1.82) is 0 Å². The molecule has 0 aromatic rings. The molecule has 0 aromatic carbocycles. The summed E-state index contributed by atoms with van der Waals surface area (Å²) in [6, 6.07) is 1.09. The minimum Gasteiger partial charge on any atom is -0.477 e. The smallest absolute Gasteiger partial charge is 0.353 e. The zero-order valence-corrected chi connectivity index (χ0v) is 16.6. The van der Waals surface area contributed by atoms with E-state index in [2.05, 4.69) is 5.32 Å². The van der Waals surface area contributed by atoms with Crippen LogP contribution in [-0.2, 0) is 9.59 Å². The van der Waals surface area contributed by atoms with Gasteiger partial charge in [0, 0.05) is 34.2 Å². The first-order valence-electron chi connectivity index (χ1n) is 9.94. The second-order valence-corrected chi connectivity index (χ2v) is 9.96. The van der Waals surface area contributed by atoms with Gasteiger partial charge in [0.05, 0.1) is 18.1 Å². The van der Waals surface area contributed by atoms with Crippen LogP contribution in [-0.4, -0.2) is 62.5 Å². The number of hydrogen-bond donors (Lipinski definition) is 4. The third-order valence-corrected chi connectivity index (χ3v) is 8.18. The molecule has 2 heterocycles. The number of hydrogen-bond acceptors (Lipinski definition) is 6. The minimum absolute atomic E-state index is 0.0433. The van der Waals surface area contributed by atoms with E-state index in [0.29, 0.717) is 23.4 Å². The van der Waals surface area contributed by atoms with E-state index in [1.807, 2.05) is 6.92 Å². The van der Waals surface area contributed by atoms with Gasteiger partial charge in [-0.2, -0.15) is 0 Å². The fourth-order valence-corrected chi connectivity index (χ4v) is 6.82. The number of aliphatic hydroxyl groups is 1. The van der Waals surface area contributed by atoms with E-state index in [4.69, 9.17) is 5.73 Å². The van der Waals surface area contributed by atoms with E-state index < -0.39 is 18.0 Å². The monoisotopic (exact) mass is 395 g/mol. The van der Waals surface area contributed by atoms with Gasteiger partial charge in [0.2, 0.25) is 5.91 Å². The van der Waals surface area contributed by atoms with Crippen LogP contribution in [0.3, 0.4) is 0 Å². The van der Waals surface area contributed by atoms with E-state index in [0.717, 1.165) is 37.0 Å². The fourth-order valence-electron chi connectivity index (χ4n) is 5.16. The maximum Gasteiger partial charge on any atom is 0.353 e. The Balaban J connectivity index is 1.39. The highest BCUT2D eigenvalue weighted by Gasteiger charge is 2.60. The number of carboxylic acids is 1. The summed E-state index contributed by atoms with van der Waals surface area (Å²) < 4.78 is 0. The molecule has 2 saturated carbocycles. The molecular formula is C19H29N3O4S. The van der Waals surface area contributed by atoms with E-state index in [1.54, 1.807) is 18.7 Å². The Bertz CT molecular complexity index is 676. The second-order valence-electron chi connectivity index (χ2n) is 8.62. The summed E-state index contributed by atoms with van der Waals surface area (Å²) in [7, 11) is 0. The molecule has 6 atom stereocenters. The lowest BCUT2D eigenvalue weighted by Crippen LogP contribution is -2.63. The van der Waals surface area contributed by atoms with Crippen LogP contribution >= 0.6 is 11.8 Å². The highest BCUT2D eigenvalue weighted by Crippen LogP contribution is 2.53. The number of nitrogens with one attached hydrogen (secondary N) is 1. The number of carbonyl (C=O) groups excluding carboxylic acids is 1. The molecule has 8 heteroatoms. The highest BCUT2D eigenvalue weighted by atomic mass is 32.2. The van der Waals surface area contributed by atoms with Crippen molar-refractivity contribution in [3.05, 3.63) is 10.6 Å². The molecule has 5 N–H and O–H groups in total. The standard InChI is InChI=1S/C19H29N3O4S/c1-8-15-14(9(2)23)18(24)22(15)16(19(25)26)17(8)27-13-6-12(7-13)21-11-4-3-10(20)5-11/h8-15,21,23H,3-7,20H2,1-2H3,(H,25,26)/t8-,9-,10+,11+,12?,13?,14-,15-/m1/s1. The molecule has 1 amide bonds. The van der Waals surface area contributed by atoms with Gasteiger partial charge in [0.25, 0.3) is 0 Å². The molecule has 0 aromatic heterocycles. The lowest BCUT2D eigenvalue weighted by Gasteiger charge is -2.46. The number of fused-ring (bicyclic) bond motifs is 1. The largest absolute Gasteiger partial charge is 0.477 e. The predicted molar refractivity (Wildman–Crippen MR) is 103 cm³/mol. The zero-order valence-electron chi connectivity index (χ0n) is 15.8. The molecule has 1 saturated heterocycles. The molecule has 2 aliphatic heterocycles. The number of thioether (sulfide) groups is 1. The number of nitrogens with zero attached hydrogens (tertiary/aromatic N) is 1. The van der Waals surface area contributed by atoms with Crippen LogP contribution in [0.25, 0.3) is 0 Å².